The van der Waals surface area contributed by atoms with E-state index in [2.05, 4.69) is 43.3 Å². The summed E-state index contributed by atoms with van der Waals surface area (Å²) >= 11 is 0. The van der Waals surface area contributed by atoms with Crippen molar-refractivity contribution in [1.29, 1.82) is 0 Å². The van der Waals surface area contributed by atoms with E-state index < -0.39 is 0 Å². The smallest absolute Gasteiger partial charge is 0.306 e. The van der Waals surface area contributed by atoms with E-state index in [4.69, 9.17) is 9.73 Å². The van der Waals surface area contributed by atoms with Crippen LogP contribution in [0.1, 0.15) is 87.5 Å². The first-order chi connectivity index (χ1) is 19.8. The highest BCUT2D eigenvalue weighted by molar-refractivity contribution is 6.03. The maximum absolute atomic E-state index is 13.6. The highest BCUT2D eigenvalue weighted by atomic mass is 16.5. The van der Waals surface area contributed by atoms with Gasteiger partial charge in [-0.2, -0.15) is 0 Å². The molecule has 1 saturated heterocycles. The molecular formula is C36H44N2O3. The molecule has 2 fully saturated rings. The Kier molecular flexibility index (Phi) is 7.65. The van der Waals surface area contributed by atoms with Gasteiger partial charge in [0.2, 0.25) is 5.91 Å². The van der Waals surface area contributed by atoms with Crippen LogP contribution in [-0.4, -0.2) is 42.2 Å². The van der Waals surface area contributed by atoms with Gasteiger partial charge in [0.1, 0.15) is 0 Å². The molecule has 5 heteroatoms. The van der Waals surface area contributed by atoms with Crippen molar-refractivity contribution in [3.05, 3.63) is 64.9 Å². The number of likely N-dealkylation sites (tertiary alicyclic amines) is 1. The van der Waals surface area contributed by atoms with E-state index in [1.165, 1.54) is 73.5 Å². The normalized spacial score (nSPS) is 21.8. The first-order valence-electron chi connectivity index (χ1n) is 15.6. The van der Waals surface area contributed by atoms with Gasteiger partial charge in [-0.05, 0) is 95.7 Å². The molecule has 2 atom stereocenters. The number of nitrogens with zero attached hydrogens (tertiary/aromatic N) is 2. The molecule has 6 rings (SSSR count). The van der Waals surface area contributed by atoms with Crippen LogP contribution in [0.4, 0.5) is 0 Å². The lowest BCUT2D eigenvalue weighted by Crippen LogP contribution is -2.45. The minimum atomic E-state index is -0.364. The Morgan fingerprint density at radius 2 is 1.71 bits per heavy atom. The van der Waals surface area contributed by atoms with Crippen LogP contribution in [0.2, 0.25) is 0 Å². The third-order valence-corrected chi connectivity index (χ3v) is 10.4. The van der Waals surface area contributed by atoms with E-state index >= 15 is 0 Å². The maximum Gasteiger partial charge on any atom is 0.306 e. The molecule has 1 spiro atoms. The standard InChI is InChI=1S/C36H44N2O3/c1-23(2)29(19-34(39)41-4)35(40)38-17-7-8-33(38)32-18-27(22-37-32)25-10-12-26(13-11-25)28-14-9-24(3)30-20-36(21-31(28)30)15-5-6-16-36/h9-14,22-23,29,33H,5-8,15-21H2,1-4H3/t29-,33-/m0/s1. The zero-order valence-electron chi connectivity index (χ0n) is 25.2. The van der Waals surface area contributed by atoms with Crippen LogP contribution in [0.3, 0.4) is 0 Å². The average Bonchev–Trinajstić information content (AvgIpc) is 3.78. The molecule has 0 N–H and O–H groups in total. The molecule has 5 nitrogen and oxygen atoms in total. The summed E-state index contributed by atoms with van der Waals surface area (Å²) in [6.07, 6.45) is 12.8. The van der Waals surface area contributed by atoms with E-state index in [-0.39, 0.29) is 36.2 Å². The van der Waals surface area contributed by atoms with Crippen LogP contribution >= 0.6 is 0 Å². The first kappa shape index (κ1) is 27.9. The van der Waals surface area contributed by atoms with E-state index in [9.17, 15) is 9.59 Å². The molecule has 2 aromatic rings. The number of benzene rings is 2. The van der Waals surface area contributed by atoms with Crippen LogP contribution in [0.5, 0.6) is 0 Å². The van der Waals surface area contributed by atoms with Gasteiger partial charge in [0.25, 0.3) is 0 Å². The molecule has 2 aliphatic carbocycles. The number of aliphatic imine (C=N–C) groups is 1. The minimum absolute atomic E-state index is 0.00692. The molecule has 41 heavy (non-hydrogen) atoms. The lowest BCUT2D eigenvalue weighted by molar-refractivity contribution is -0.148. The fourth-order valence-electron chi connectivity index (χ4n) is 7.97. The second-order valence-corrected chi connectivity index (χ2v) is 13.3. The van der Waals surface area contributed by atoms with Crippen molar-refractivity contribution >= 4 is 23.2 Å². The highest BCUT2D eigenvalue weighted by Crippen LogP contribution is 2.51. The molecule has 0 unspecified atom stereocenters. The summed E-state index contributed by atoms with van der Waals surface area (Å²) in [7, 11) is 1.38. The van der Waals surface area contributed by atoms with Crippen molar-refractivity contribution < 1.29 is 14.3 Å². The van der Waals surface area contributed by atoms with Crippen molar-refractivity contribution in [2.24, 2.45) is 22.2 Å². The van der Waals surface area contributed by atoms with Crippen LogP contribution in [0, 0.1) is 24.2 Å². The Balaban J connectivity index is 1.15. The summed E-state index contributed by atoms with van der Waals surface area (Å²) in [5.41, 5.74) is 11.3. The summed E-state index contributed by atoms with van der Waals surface area (Å²) in [5.74, 6) is -0.568. The van der Waals surface area contributed by atoms with E-state index in [0.717, 1.165) is 31.5 Å². The average molecular weight is 553 g/mol. The lowest BCUT2D eigenvalue weighted by atomic mass is 9.83. The van der Waals surface area contributed by atoms with E-state index in [1.807, 2.05) is 24.9 Å². The molecule has 2 heterocycles. The number of carbonyl (C=O) groups is 2. The fraction of sp³-hybridized carbons (Fsp3) is 0.528. The molecule has 216 valence electrons. The third-order valence-electron chi connectivity index (χ3n) is 10.4. The Morgan fingerprint density at radius 3 is 2.41 bits per heavy atom. The number of fused-ring (bicyclic) bond motifs is 1. The predicted octanol–water partition coefficient (Wildman–Crippen LogP) is 7.33. The molecule has 0 bridgehead atoms. The van der Waals surface area contributed by atoms with Gasteiger partial charge in [0.05, 0.1) is 25.5 Å². The zero-order valence-corrected chi connectivity index (χ0v) is 25.2. The summed E-state index contributed by atoms with van der Waals surface area (Å²) in [6, 6.07) is 13.7. The number of esters is 1. The van der Waals surface area contributed by atoms with Gasteiger partial charge in [0, 0.05) is 24.9 Å². The number of allylic oxidation sites excluding steroid dienone is 1. The van der Waals surface area contributed by atoms with Crippen molar-refractivity contribution in [2.75, 3.05) is 13.7 Å². The first-order valence-corrected chi connectivity index (χ1v) is 15.6. The highest BCUT2D eigenvalue weighted by Gasteiger charge is 2.41. The topological polar surface area (TPSA) is 59.0 Å². The largest absolute Gasteiger partial charge is 0.469 e. The molecule has 4 aliphatic rings. The quantitative estimate of drug-likeness (QED) is 0.338. The molecule has 0 radical (unpaired) electrons. The van der Waals surface area contributed by atoms with Crippen molar-refractivity contribution in [1.82, 2.24) is 4.90 Å². The molecule has 2 aliphatic heterocycles. The van der Waals surface area contributed by atoms with Gasteiger partial charge in [-0.25, -0.2) is 0 Å². The summed E-state index contributed by atoms with van der Waals surface area (Å²) < 4.78 is 4.88. The Bertz CT molecular complexity index is 1390. The molecule has 1 amide bonds. The maximum atomic E-state index is 13.6. The number of carbonyl (C=O) groups excluding carboxylic acids is 2. The van der Waals surface area contributed by atoms with Gasteiger partial charge in [0.15, 0.2) is 0 Å². The fourth-order valence-corrected chi connectivity index (χ4v) is 7.97. The minimum Gasteiger partial charge on any atom is -0.469 e. The number of amides is 1. The van der Waals surface area contributed by atoms with Crippen molar-refractivity contribution in [2.45, 2.75) is 91.0 Å². The zero-order chi connectivity index (χ0) is 28.7. The van der Waals surface area contributed by atoms with E-state index in [0.29, 0.717) is 5.41 Å². The number of aryl methyl sites for hydroxylation is 1. The SMILES string of the molecule is COC(=O)C[C@H](C(=O)N1CCC[C@H]1C1=NC=C(c2ccc(-c3ccc(C)c4c3CC3(CCCC3)C4)cc2)C1)C(C)C. The van der Waals surface area contributed by atoms with Crippen LogP contribution < -0.4 is 0 Å². The molecular weight excluding hydrogens is 508 g/mol. The number of rotatable bonds is 7. The Labute approximate surface area is 245 Å². The summed E-state index contributed by atoms with van der Waals surface area (Å²) in [5, 5.41) is 0. The van der Waals surface area contributed by atoms with E-state index in [1.54, 1.807) is 11.1 Å². The second kappa shape index (κ2) is 11.2. The molecule has 0 aromatic heterocycles. The summed E-state index contributed by atoms with van der Waals surface area (Å²) in [4.78, 5) is 32.4. The van der Waals surface area contributed by atoms with Crippen LogP contribution in [0.15, 0.2) is 47.6 Å². The predicted molar refractivity (Wildman–Crippen MR) is 165 cm³/mol. The monoisotopic (exact) mass is 552 g/mol. The molecule has 1 saturated carbocycles. The lowest BCUT2D eigenvalue weighted by Gasteiger charge is -2.30. The number of methoxy groups -OCH3 is 1. The third kappa shape index (κ3) is 5.29. The van der Waals surface area contributed by atoms with Crippen molar-refractivity contribution in [3.8, 4) is 11.1 Å². The van der Waals surface area contributed by atoms with Crippen LogP contribution in [0.25, 0.3) is 16.7 Å². The molecule has 2 aromatic carbocycles. The Morgan fingerprint density at radius 1 is 1.00 bits per heavy atom. The summed E-state index contributed by atoms with van der Waals surface area (Å²) in [6.45, 7) is 7.01. The van der Waals surface area contributed by atoms with Gasteiger partial charge >= 0.3 is 5.97 Å². The van der Waals surface area contributed by atoms with Gasteiger partial charge in [-0.15, -0.1) is 0 Å². The van der Waals surface area contributed by atoms with Crippen molar-refractivity contribution in [3.63, 3.8) is 0 Å². The van der Waals surface area contributed by atoms with Gasteiger partial charge in [-0.1, -0.05) is 63.1 Å². The van der Waals surface area contributed by atoms with Crippen LogP contribution in [-0.2, 0) is 27.2 Å². The van der Waals surface area contributed by atoms with Gasteiger partial charge < -0.3 is 9.64 Å². The van der Waals surface area contributed by atoms with Gasteiger partial charge in [-0.3, -0.25) is 14.6 Å². The number of hydrogen-bond donors (Lipinski definition) is 0. The number of ether oxygens (including phenoxy) is 1. The Hall–Kier alpha value is -3.21. The second-order valence-electron chi connectivity index (χ2n) is 13.3. The number of hydrogen-bond acceptors (Lipinski definition) is 4.